The fourth-order valence-electron chi connectivity index (χ4n) is 3.63. The molecule has 1 aliphatic carbocycles. The van der Waals surface area contributed by atoms with Gasteiger partial charge in [-0.25, -0.2) is 0 Å². The van der Waals surface area contributed by atoms with Crippen molar-refractivity contribution in [3.05, 3.63) is 65.7 Å². The van der Waals surface area contributed by atoms with E-state index in [9.17, 15) is 19.5 Å². The minimum absolute atomic E-state index is 0.293. The van der Waals surface area contributed by atoms with Crippen LogP contribution in [0.15, 0.2) is 54.6 Å². The first kappa shape index (κ1) is 19.6. The summed E-state index contributed by atoms with van der Waals surface area (Å²) in [5, 5.41) is 15.0. The molecule has 0 saturated heterocycles. The van der Waals surface area contributed by atoms with Crippen LogP contribution in [0.25, 0.3) is 0 Å². The van der Waals surface area contributed by atoms with Crippen LogP contribution in [0, 0.1) is 11.8 Å². The third-order valence-corrected chi connectivity index (χ3v) is 5.15. The smallest absolute Gasteiger partial charge is 0.307 e. The molecule has 2 aromatic rings. The average Bonchev–Trinajstić information content (AvgIpc) is 2.73. The lowest BCUT2D eigenvalue weighted by molar-refractivity contribution is -0.147. The maximum Gasteiger partial charge on any atom is 0.307 e. The molecule has 1 saturated carbocycles. The van der Waals surface area contributed by atoms with Gasteiger partial charge in [0.05, 0.1) is 23.1 Å². The van der Waals surface area contributed by atoms with Crippen LogP contribution in [0.3, 0.4) is 0 Å². The number of carboxylic acid groups (broad SMARTS) is 1. The van der Waals surface area contributed by atoms with Crippen LogP contribution in [0.4, 0.5) is 5.69 Å². The van der Waals surface area contributed by atoms with E-state index in [-0.39, 0.29) is 11.8 Å². The molecule has 2 atom stereocenters. The summed E-state index contributed by atoms with van der Waals surface area (Å²) in [6, 6.07) is 16.3. The molecule has 6 nitrogen and oxygen atoms in total. The minimum atomic E-state index is -0.936. The maximum absolute atomic E-state index is 12.7. The van der Waals surface area contributed by atoms with Crippen molar-refractivity contribution in [1.82, 2.24) is 5.32 Å². The second-order valence-corrected chi connectivity index (χ2v) is 7.04. The number of nitrogens with one attached hydrogen (secondary N) is 2. The second-order valence-electron chi connectivity index (χ2n) is 7.04. The number of carbonyl (C=O) groups is 3. The van der Waals surface area contributed by atoms with Crippen molar-refractivity contribution in [3.8, 4) is 0 Å². The van der Waals surface area contributed by atoms with Gasteiger partial charge in [-0.05, 0) is 30.5 Å². The van der Waals surface area contributed by atoms with Crippen LogP contribution < -0.4 is 10.6 Å². The van der Waals surface area contributed by atoms with E-state index in [2.05, 4.69) is 10.6 Å². The van der Waals surface area contributed by atoms with Crippen molar-refractivity contribution in [1.29, 1.82) is 0 Å². The van der Waals surface area contributed by atoms with Gasteiger partial charge in [0.15, 0.2) is 0 Å². The molecule has 2 aromatic carbocycles. The molecular weight excluding hydrogens is 356 g/mol. The number of carboxylic acids is 1. The molecule has 0 radical (unpaired) electrons. The Morgan fingerprint density at radius 3 is 2.25 bits per heavy atom. The number of benzene rings is 2. The van der Waals surface area contributed by atoms with Gasteiger partial charge in [0.25, 0.3) is 5.91 Å². The van der Waals surface area contributed by atoms with E-state index in [1.165, 1.54) is 0 Å². The Morgan fingerprint density at radius 1 is 0.893 bits per heavy atom. The van der Waals surface area contributed by atoms with Crippen molar-refractivity contribution < 1.29 is 19.5 Å². The number of aliphatic carboxylic acids is 1. The van der Waals surface area contributed by atoms with Crippen LogP contribution in [0.1, 0.15) is 41.6 Å². The van der Waals surface area contributed by atoms with Crippen molar-refractivity contribution in [2.24, 2.45) is 11.8 Å². The van der Waals surface area contributed by atoms with Crippen molar-refractivity contribution in [3.63, 3.8) is 0 Å². The highest BCUT2D eigenvalue weighted by atomic mass is 16.4. The zero-order chi connectivity index (χ0) is 19.9. The fourth-order valence-corrected chi connectivity index (χ4v) is 3.63. The van der Waals surface area contributed by atoms with Gasteiger partial charge in [0.2, 0.25) is 5.91 Å². The first-order valence-electron chi connectivity index (χ1n) is 9.51. The molecule has 0 spiro atoms. The van der Waals surface area contributed by atoms with Crippen molar-refractivity contribution in [2.75, 3.05) is 5.32 Å². The zero-order valence-electron chi connectivity index (χ0n) is 15.6. The SMILES string of the molecule is O=C(NCc1ccccc1)c1ccccc1NC(=O)[C@@H]1CCCC[C@@H]1C(=O)O. The Kier molecular flexibility index (Phi) is 6.42. The first-order valence-corrected chi connectivity index (χ1v) is 9.51. The summed E-state index contributed by atoms with van der Waals surface area (Å²) in [7, 11) is 0. The average molecular weight is 380 g/mol. The predicted molar refractivity (Wildman–Crippen MR) is 106 cm³/mol. The van der Waals surface area contributed by atoms with E-state index in [0.717, 1.165) is 18.4 Å². The molecule has 3 rings (SSSR count). The van der Waals surface area contributed by atoms with Gasteiger partial charge in [0.1, 0.15) is 0 Å². The third-order valence-electron chi connectivity index (χ3n) is 5.15. The van der Waals surface area contributed by atoms with Gasteiger partial charge < -0.3 is 15.7 Å². The third kappa shape index (κ3) is 4.76. The summed E-state index contributed by atoms with van der Waals surface area (Å²) >= 11 is 0. The Labute approximate surface area is 164 Å². The predicted octanol–water partition coefficient (Wildman–Crippen LogP) is 3.45. The van der Waals surface area contributed by atoms with Crippen molar-refractivity contribution in [2.45, 2.75) is 32.2 Å². The molecule has 0 aromatic heterocycles. The van der Waals surface area contributed by atoms with Crippen molar-refractivity contribution >= 4 is 23.5 Å². The Hall–Kier alpha value is -3.15. The number of rotatable bonds is 6. The quantitative estimate of drug-likeness (QED) is 0.715. The summed E-state index contributed by atoms with van der Waals surface area (Å²) in [6.07, 6.45) is 2.71. The van der Waals surface area contributed by atoms with E-state index >= 15 is 0 Å². The van der Waals surface area contributed by atoms with E-state index < -0.39 is 17.8 Å². The number of anilines is 1. The second kappa shape index (κ2) is 9.17. The molecule has 6 heteroatoms. The largest absolute Gasteiger partial charge is 0.481 e. The summed E-state index contributed by atoms with van der Waals surface area (Å²) < 4.78 is 0. The molecule has 146 valence electrons. The lowest BCUT2D eigenvalue weighted by Crippen LogP contribution is -2.36. The highest BCUT2D eigenvalue weighted by Gasteiger charge is 2.36. The summed E-state index contributed by atoms with van der Waals surface area (Å²) in [5.41, 5.74) is 1.73. The fraction of sp³-hybridized carbons (Fsp3) is 0.318. The lowest BCUT2D eigenvalue weighted by atomic mass is 9.78. The van der Waals surface area contributed by atoms with Crippen LogP contribution in [0.5, 0.6) is 0 Å². The molecule has 0 bridgehead atoms. The highest BCUT2D eigenvalue weighted by Crippen LogP contribution is 2.31. The monoisotopic (exact) mass is 380 g/mol. The summed E-state index contributed by atoms with van der Waals surface area (Å²) in [5.74, 6) is -2.82. The number of hydrogen-bond acceptors (Lipinski definition) is 3. The molecular formula is C22H24N2O4. The molecule has 1 fully saturated rings. The first-order chi connectivity index (χ1) is 13.6. The van der Waals surface area contributed by atoms with E-state index in [1.807, 2.05) is 30.3 Å². The zero-order valence-corrected chi connectivity index (χ0v) is 15.6. The van der Waals surface area contributed by atoms with E-state index in [4.69, 9.17) is 0 Å². The van der Waals surface area contributed by atoms with Gasteiger partial charge in [0, 0.05) is 6.54 Å². The molecule has 0 unspecified atom stereocenters. The lowest BCUT2D eigenvalue weighted by Gasteiger charge is -2.27. The maximum atomic E-state index is 12.7. The van der Waals surface area contributed by atoms with Gasteiger partial charge >= 0.3 is 5.97 Å². The summed E-state index contributed by atoms with van der Waals surface area (Å²) in [4.78, 5) is 36.8. The van der Waals surface area contributed by atoms with Gasteiger partial charge in [-0.2, -0.15) is 0 Å². The highest BCUT2D eigenvalue weighted by molar-refractivity contribution is 6.04. The minimum Gasteiger partial charge on any atom is -0.481 e. The number of carbonyl (C=O) groups excluding carboxylic acids is 2. The molecule has 0 aliphatic heterocycles. The molecule has 0 heterocycles. The standard InChI is InChI=1S/C22H24N2O4/c25-20(23-14-15-8-2-1-3-9-15)18-12-6-7-13-19(18)24-21(26)16-10-4-5-11-17(16)22(27)28/h1-3,6-9,12-13,16-17H,4-5,10-11,14H2,(H,23,25)(H,24,26)(H,27,28)/t16-,17+/m1/s1. The van der Waals surface area contributed by atoms with E-state index in [1.54, 1.807) is 24.3 Å². The molecule has 1 aliphatic rings. The van der Waals surface area contributed by atoms with Crippen LogP contribution >= 0.6 is 0 Å². The number of amides is 2. The summed E-state index contributed by atoms with van der Waals surface area (Å²) in [6.45, 7) is 0.381. The topological polar surface area (TPSA) is 95.5 Å². The van der Waals surface area contributed by atoms with E-state index in [0.29, 0.717) is 30.6 Å². The normalized spacial score (nSPS) is 18.9. The molecule has 3 N–H and O–H groups in total. The van der Waals surface area contributed by atoms with Gasteiger partial charge in [-0.15, -0.1) is 0 Å². The Balaban J connectivity index is 1.70. The van der Waals surface area contributed by atoms with Gasteiger partial charge in [-0.3, -0.25) is 14.4 Å². The Bertz CT molecular complexity index is 851. The molecule has 28 heavy (non-hydrogen) atoms. The van der Waals surface area contributed by atoms with Gasteiger partial charge in [-0.1, -0.05) is 55.3 Å². The number of para-hydroxylation sites is 1. The van der Waals surface area contributed by atoms with Crippen LogP contribution in [-0.4, -0.2) is 22.9 Å². The van der Waals surface area contributed by atoms with Crippen LogP contribution in [-0.2, 0) is 16.1 Å². The Morgan fingerprint density at radius 2 is 1.54 bits per heavy atom. The van der Waals surface area contributed by atoms with Crippen LogP contribution in [0.2, 0.25) is 0 Å². The number of hydrogen-bond donors (Lipinski definition) is 3. The molecule has 2 amide bonds.